The van der Waals surface area contributed by atoms with Crippen molar-refractivity contribution < 1.29 is 13.7 Å². The molecular weight excluding hydrogens is 208 g/mol. The molecule has 0 aliphatic heterocycles. The first-order valence-electron chi connectivity index (χ1n) is 4.98. The van der Waals surface area contributed by atoms with Crippen molar-refractivity contribution in [3.8, 4) is 0 Å². The molecule has 0 fully saturated rings. The van der Waals surface area contributed by atoms with E-state index >= 15 is 0 Å². The predicted octanol–water partition coefficient (Wildman–Crippen LogP) is 1.63. The molecule has 0 spiro atoms. The van der Waals surface area contributed by atoms with Gasteiger partial charge in [-0.1, -0.05) is 5.16 Å². The van der Waals surface area contributed by atoms with Gasteiger partial charge in [0.05, 0.1) is 18.7 Å². The highest BCUT2D eigenvalue weighted by atomic mass is 16.5. The maximum atomic E-state index is 11.6. The highest BCUT2D eigenvalue weighted by Gasteiger charge is 2.13. The number of hydrogen-bond acceptors (Lipinski definition) is 4. The summed E-state index contributed by atoms with van der Waals surface area (Å²) in [6, 6.07) is 3.41. The van der Waals surface area contributed by atoms with Gasteiger partial charge in [0, 0.05) is 12.1 Å². The second-order valence-corrected chi connectivity index (χ2v) is 3.59. The molecule has 5 heteroatoms. The Morgan fingerprint density at radius 3 is 3.06 bits per heavy atom. The van der Waals surface area contributed by atoms with Crippen LogP contribution in [-0.4, -0.2) is 17.1 Å². The molecule has 5 nitrogen and oxygen atoms in total. The van der Waals surface area contributed by atoms with E-state index < -0.39 is 0 Å². The molecule has 0 aromatic carbocycles. The summed E-state index contributed by atoms with van der Waals surface area (Å²) in [6.07, 6.45) is 5.43. The molecule has 0 bridgehead atoms. The summed E-state index contributed by atoms with van der Waals surface area (Å²) in [7, 11) is 0. The second-order valence-electron chi connectivity index (χ2n) is 3.59. The fraction of sp³-hybridized carbons (Fsp3) is 0.273. The number of carbonyl (C=O) groups excluding carboxylic acids is 1. The Hall–Kier alpha value is -2.04. The van der Waals surface area contributed by atoms with Gasteiger partial charge in [-0.15, -0.1) is 0 Å². The lowest BCUT2D eigenvalue weighted by Gasteiger charge is -2.10. The third-order valence-corrected chi connectivity index (χ3v) is 2.16. The summed E-state index contributed by atoms with van der Waals surface area (Å²) in [6.45, 7) is 1.92. The van der Waals surface area contributed by atoms with Gasteiger partial charge in [0.15, 0.2) is 0 Å². The van der Waals surface area contributed by atoms with E-state index in [1.54, 1.807) is 12.5 Å². The van der Waals surface area contributed by atoms with Crippen LogP contribution in [0.1, 0.15) is 23.0 Å². The van der Waals surface area contributed by atoms with Gasteiger partial charge >= 0.3 is 0 Å². The highest BCUT2D eigenvalue weighted by Crippen LogP contribution is 2.05. The quantitative estimate of drug-likeness (QED) is 0.850. The third-order valence-electron chi connectivity index (χ3n) is 2.16. The summed E-state index contributed by atoms with van der Waals surface area (Å²) >= 11 is 0. The van der Waals surface area contributed by atoms with Gasteiger partial charge in [-0.05, 0) is 25.0 Å². The van der Waals surface area contributed by atoms with Crippen LogP contribution in [0.25, 0.3) is 0 Å². The Morgan fingerprint density at radius 1 is 1.56 bits per heavy atom. The number of amides is 1. The summed E-state index contributed by atoms with van der Waals surface area (Å²) < 4.78 is 9.70. The van der Waals surface area contributed by atoms with E-state index in [2.05, 4.69) is 10.5 Å². The predicted molar refractivity (Wildman–Crippen MR) is 55.8 cm³/mol. The van der Waals surface area contributed by atoms with Crippen molar-refractivity contribution in [2.24, 2.45) is 0 Å². The molecule has 2 aromatic rings. The van der Waals surface area contributed by atoms with Crippen LogP contribution in [-0.2, 0) is 6.42 Å². The molecule has 1 atom stereocenters. The zero-order chi connectivity index (χ0) is 11.4. The lowest BCUT2D eigenvalue weighted by molar-refractivity contribution is 0.0903. The van der Waals surface area contributed by atoms with Crippen LogP contribution in [0.5, 0.6) is 0 Å². The zero-order valence-electron chi connectivity index (χ0n) is 8.84. The van der Waals surface area contributed by atoms with Crippen molar-refractivity contribution in [2.45, 2.75) is 19.4 Å². The summed E-state index contributed by atoms with van der Waals surface area (Å²) in [5.41, 5.74) is 1.05. The van der Waals surface area contributed by atoms with Gasteiger partial charge in [-0.25, -0.2) is 0 Å². The van der Waals surface area contributed by atoms with Crippen LogP contribution in [0.3, 0.4) is 0 Å². The van der Waals surface area contributed by atoms with E-state index in [0.717, 1.165) is 12.0 Å². The average Bonchev–Trinajstić information content (AvgIpc) is 2.88. The topological polar surface area (TPSA) is 68.3 Å². The molecule has 2 heterocycles. The number of rotatable bonds is 4. The number of nitrogens with one attached hydrogen (secondary N) is 1. The molecule has 84 valence electrons. The van der Waals surface area contributed by atoms with Crippen LogP contribution < -0.4 is 5.32 Å². The van der Waals surface area contributed by atoms with Gasteiger partial charge in [0.2, 0.25) is 5.76 Å². The summed E-state index contributed by atoms with van der Waals surface area (Å²) in [4.78, 5) is 11.6. The molecule has 2 aromatic heterocycles. The minimum Gasteiger partial charge on any atom is -0.472 e. The first kappa shape index (κ1) is 10.5. The lowest BCUT2D eigenvalue weighted by Crippen LogP contribution is -2.33. The van der Waals surface area contributed by atoms with Crippen LogP contribution >= 0.6 is 0 Å². The molecule has 16 heavy (non-hydrogen) atoms. The van der Waals surface area contributed by atoms with Crippen molar-refractivity contribution in [3.05, 3.63) is 42.2 Å². The number of carbonyl (C=O) groups is 1. The van der Waals surface area contributed by atoms with Crippen molar-refractivity contribution in [2.75, 3.05) is 0 Å². The maximum Gasteiger partial charge on any atom is 0.290 e. The standard InChI is InChI=1S/C11H12N2O3/c1-8(6-9-3-5-15-7-9)13-11(14)10-2-4-12-16-10/h2-5,7-8H,6H2,1H3,(H,13,14). The Labute approximate surface area is 92.4 Å². The van der Waals surface area contributed by atoms with Crippen molar-refractivity contribution in [3.63, 3.8) is 0 Å². The molecule has 2 rings (SSSR count). The van der Waals surface area contributed by atoms with E-state index in [4.69, 9.17) is 8.94 Å². The molecule has 1 N–H and O–H groups in total. The first-order valence-corrected chi connectivity index (χ1v) is 4.98. The molecule has 0 saturated heterocycles. The summed E-state index contributed by atoms with van der Waals surface area (Å²) in [5, 5.41) is 6.28. The molecule has 0 radical (unpaired) electrons. The van der Waals surface area contributed by atoms with Crippen molar-refractivity contribution in [1.29, 1.82) is 0 Å². The average molecular weight is 220 g/mol. The van der Waals surface area contributed by atoms with E-state index in [-0.39, 0.29) is 17.7 Å². The fourth-order valence-electron chi connectivity index (χ4n) is 1.44. The summed E-state index contributed by atoms with van der Waals surface area (Å²) in [5.74, 6) is -0.0347. The first-order chi connectivity index (χ1) is 7.75. The minimum absolute atomic E-state index is 0.00944. The Bertz CT molecular complexity index is 434. The van der Waals surface area contributed by atoms with E-state index in [9.17, 15) is 4.79 Å². The molecule has 0 saturated carbocycles. The number of furan rings is 1. The molecule has 1 unspecified atom stereocenters. The molecular formula is C11H12N2O3. The van der Waals surface area contributed by atoms with Gasteiger partial charge in [-0.2, -0.15) is 0 Å². The van der Waals surface area contributed by atoms with Crippen LogP contribution in [0.15, 0.2) is 39.8 Å². The van der Waals surface area contributed by atoms with Crippen LogP contribution in [0.2, 0.25) is 0 Å². The SMILES string of the molecule is CC(Cc1ccoc1)NC(=O)c1ccno1. The van der Waals surface area contributed by atoms with E-state index in [0.29, 0.717) is 0 Å². The van der Waals surface area contributed by atoms with E-state index in [1.165, 1.54) is 12.3 Å². The Morgan fingerprint density at radius 2 is 2.44 bits per heavy atom. The fourth-order valence-corrected chi connectivity index (χ4v) is 1.44. The van der Waals surface area contributed by atoms with Crippen LogP contribution in [0.4, 0.5) is 0 Å². The smallest absolute Gasteiger partial charge is 0.290 e. The number of hydrogen-bond donors (Lipinski definition) is 1. The van der Waals surface area contributed by atoms with Gasteiger partial charge in [-0.3, -0.25) is 4.79 Å². The zero-order valence-corrected chi connectivity index (χ0v) is 8.84. The Kier molecular flexibility index (Phi) is 3.05. The third kappa shape index (κ3) is 2.50. The van der Waals surface area contributed by atoms with Crippen LogP contribution in [0, 0.1) is 0 Å². The minimum atomic E-state index is -0.256. The largest absolute Gasteiger partial charge is 0.472 e. The maximum absolute atomic E-state index is 11.6. The Balaban J connectivity index is 1.88. The monoisotopic (exact) mass is 220 g/mol. The second kappa shape index (κ2) is 4.65. The lowest BCUT2D eigenvalue weighted by atomic mass is 10.1. The number of aromatic nitrogens is 1. The molecule has 1 amide bonds. The van der Waals surface area contributed by atoms with Gasteiger partial charge < -0.3 is 14.3 Å². The van der Waals surface area contributed by atoms with E-state index in [1.807, 2.05) is 13.0 Å². The van der Waals surface area contributed by atoms with Crippen molar-refractivity contribution >= 4 is 5.91 Å². The molecule has 0 aliphatic carbocycles. The van der Waals surface area contributed by atoms with Gasteiger partial charge in [0.1, 0.15) is 0 Å². The van der Waals surface area contributed by atoms with Crippen molar-refractivity contribution in [1.82, 2.24) is 10.5 Å². The molecule has 0 aliphatic rings. The van der Waals surface area contributed by atoms with Gasteiger partial charge in [0.25, 0.3) is 5.91 Å². The normalized spacial score (nSPS) is 12.3. The highest BCUT2D eigenvalue weighted by molar-refractivity contribution is 5.91. The number of nitrogens with zero attached hydrogens (tertiary/aromatic N) is 1.